The molecule has 0 amide bonds. The van der Waals surface area contributed by atoms with Crippen LogP contribution >= 0.6 is 7.82 Å². The predicted molar refractivity (Wildman–Crippen MR) is 172 cm³/mol. The number of ether oxygens (including phenoxy) is 1. The number of nitrogens with one attached hydrogen (secondary N) is 1. The molecule has 0 saturated heterocycles. The molecule has 0 bridgehead atoms. The Morgan fingerprint density at radius 1 is 1.11 bits per heavy atom. The van der Waals surface area contributed by atoms with Gasteiger partial charge in [0.2, 0.25) is 0 Å². The fourth-order valence-corrected chi connectivity index (χ4v) is 6.37. The summed E-state index contributed by atoms with van der Waals surface area (Å²) in [5.41, 5.74) is -1.90. The number of phosphoric ester groups is 1. The van der Waals surface area contributed by atoms with Gasteiger partial charge in [0.25, 0.3) is 0 Å². The van der Waals surface area contributed by atoms with Gasteiger partial charge in [-0.1, -0.05) is 88.8 Å². The van der Waals surface area contributed by atoms with Gasteiger partial charge in [-0.15, -0.1) is 0 Å². The Kier molecular flexibility index (Phi) is 18.0. The summed E-state index contributed by atoms with van der Waals surface area (Å²) in [7, 11) is -5.06. The molecule has 0 spiro atoms. The normalized spacial score (nSPS) is 25.9. The number of allylic oxidation sites excluding steroid dienone is 3. The van der Waals surface area contributed by atoms with Gasteiger partial charge in [0.15, 0.2) is 0 Å². The highest BCUT2D eigenvalue weighted by molar-refractivity contribution is 7.46. The zero-order chi connectivity index (χ0) is 32.4. The van der Waals surface area contributed by atoms with Crippen LogP contribution < -0.4 is 5.32 Å². The smallest absolute Gasteiger partial charge is 0.454 e. The number of aliphatic hydroxyl groups excluding tert-OH is 2. The lowest BCUT2D eigenvalue weighted by Gasteiger charge is -2.35. The van der Waals surface area contributed by atoms with Gasteiger partial charge >= 0.3 is 13.8 Å². The average Bonchev–Trinajstić information content (AvgIpc) is 2.96. The number of esters is 1. The first-order valence-corrected chi connectivity index (χ1v) is 17.9. The van der Waals surface area contributed by atoms with E-state index in [2.05, 4.69) is 12.2 Å². The molecule has 7 atom stereocenters. The van der Waals surface area contributed by atoms with Gasteiger partial charge < -0.3 is 35.2 Å². The van der Waals surface area contributed by atoms with E-state index in [0.29, 0.717) is 19.4 Å². The van der Waals surface area contributed by atoms with E-state index in [4.69, 9.17) is 9.26 Å². The van der Waals surface area contributed by atoms with Crippen LogP contribution in [-0.4, -0.2) is 74.2 Å². The van der Waals surface area contributed by atoms with Gasteiger partial charge in [-0.3, -0.25) is 4.52 Å². The third kappa shape index (κ3) is 15.6. The molecule has 7 unspecified atom stereocenters. The molecule has 0 aromatic rings. The van der Waals surface area contributed by atoms with Crippen LogP contribution in [0, 0.1) is 11.8 Å². The van der Waals surface area contributed by atoms with Crippen molar-refractivity contribution in [2.75, 3.05) is 13.1 Å². The summed E-state index contributed by atoms with van der Waals surface area (Å²) >= 11 is 0. The zero-order valence-corrected chi connectivity index (χ0v) is 27.4. The van der Waals surface area contributed by atoms with Crippen LogP contribution in [0.4, 0.5) is 0 Å². The van der Waals surface area contributed by atoms with Crippen molar-refractivity contribution >= 4 is 13.8 Å². The summed E-state index contributed by atoms with van der Waals surface area (Å²) in [5, 5.41) is 35.9. The summed E-state index contributed by atoms with van der Waals surface area (Å²) in [4.78, 5) is 31.4. The summed E-state index contributed by atoms with van der Waals surface area (Å²) in [5.74, 6) is -0.375. The van der Waals surface area contributed by atoms with Crippen LogP contribution in [0.25, 0.3) is 0 Å². The SMILES string of the molecule is CCCCCCCCNCCC(O)(C=CC1OC(=O)C=CC1CC)C(CC(O)C=CC=CC1CCCC(O)C1)OP(=O)(O)O. The Morgan fingerprint density at radius 2 is 1.86 bits per heavy atom. The standard InChI is InChI=1S/C33H56NO9P/c1-3-5-6-7-8-11-22-34-23-21-33(38,20-19-30-27(4-2)17-18-32(37)42-30)31(43-44(39,40)41)25-29(36)15-10-9-13-26-14-12-16-28(35)24-26/h9-10,13,15,17-20,26-31,34-36,38H,3-8,11-12,14,16,21-25H2,1-2H3,(H2,39,40,41). The Morgan fingerprint density at radius 3 is 2.57 bits per heavy atom. The second-order valence-corrected chi connectivity index (χ2v) is 13.4. The quantitative estimate of drug-likeness (QED) is 0.0330. The van der Waals surface area contributed by atoms with Crippen molar-refractivity contribution < 1.29 is 43.7 Å². The van der Waals surface area contributed by atoms with Crippen molar-refractivity contribution in [2.45, 2.75) is 127 Å². The van der Waals surface area contributed by atoms with Gasteiger partial charge in [0, 0.05) is 18.4 Å². The van der Waals surface area contributed by atoms with Gasteiger partial charge in [-0.2, -0.15) is 0 Å². The first kappa shape index (κ1) is 38.6. The van der Waals surface area contributed by atoms with Crippen molar-refractivity contribution in [1.29, 1.82) is 0 Å². The molecule has 2 rings (SSSR count). The second-order valence-electron chi connectivity index (χ2n) is 12.2. The molecule has 0 aromatic carbocycles. The Labute approximate surface area is 263 Å². The zero-order valence-electron chi connectivity index (χ0n) is 26.5. The van der Waals surface area contributed by atoms with Crippen molar-refractivity contribution in [3.63, 3.8) is 0 Å². The van der Waals surface area contributed by atoms with E-state index in [1.165, 1.54) is 37.5 Å². The molecule has 6 N–H and O–H groups in total. The maximum Gasteiger partial charge on any atom is 0.469 e. The third-order valence-electron chi connectivity index (χ3n) is 8.40. The summed E-state index contributed by atoms with van der Waals surface area (Å²) in [6.07, 6.45) is 20.1. The largest absolute Gasteiger partial charge is 0.469 e. The number of phosphoric acid groups is 1. The van der Waals surface area contributed by atoms with E-state index < -0.39 is 37.7 Å². The fourth-order valence-electron chi connectivity index (χ4n) is 5.77. The van der Waals surface area contributed by atoms with E-state index >= 15 is 0 Å². The van der Waals surface area contributed by atoms with Crippen molar-refractivity contribution in [1.82, 2.24) is 5.32 Å². The van der Waals surface area contributed by atoms with Gasteiger partial charge in [0.1, 0.15) is 17.8 Å². The molecule has 1 fully saturated rings. The molecule has 10 nitrogen and oxygen atoms in total. The van der Waals surface area contributed by atoms with Crippen LogP contribution in [0.2, 0.25) is 0 Å². The number of unbranched alkanes of at least 4 members (excludes halogenated alkanes) is 5. The number of cyclic esters (lactones) is 1. The molecule has 0 radical (unpaired) electrons. The summed E-state index contributed by atoms with van der Waals surface area (Å²) in [6.45, 7) is 5.19. The van der Waals surface area contributed by atoms with Crippen molar-refractivity contribution in [3.8, 4) is 0 Å². The molecule has 0 aromatic heterocycles. The lowest BCUT2D eigenvalue weighted by molar-refractivity contribution is -0.143. The molecular weight excluding hydrogens is 585 g/mol. The fraction of sp³-hybridized carbons (Fsp3) is 0.727. The molecule has 252 valence electrons. The number of rotatable bonds is 21. The number of hydrogen-bond acceptors (Lipinski definition) is 8. The molecule has 1 heterocycles. The number of hydrogen-bond donors (Lipinski definition) is 6. The maximum atomic E-state index is 12.0. The van der Waals surface area contributed by atoms with E-state index in [1.807, 2.05) is 13.0 Å². The Hall–Kier alpha value is -1.62. The summed E-state index contributed by atoms with van der Waals surface area (Å²) in [6, 6.07) is 0. The molecule has 11 heteroatoms. The maximum absolute atomic E-state index is 12.0. The Balaban J connectivity index is 2.16. The van der Waals surface area contributed by atoms with Crippen LogP contribution in [0.3, 0.4) is 0 Å². The molecule has 44 heavy (non-hydrogen) atoms. The number of aliphatic hydroxyl groups is 3. The van der Waals surface area contributed by atoms with Crippen LogP contribution in [0.15, 0.2) is 48.6 Å². The van der Waals surface area contributed by atoms with Crippen LogP contribution in [0.1, 0.15) is 97.3 Å². The van der Waals surface area contributed by atoms with E-state index in [1.54, 1.807) is 24.3 Å². The molecule has 1 saturated carbocycles. The van der Waals surface area contributed by atoms with E-state index in [0.717, 1.165) is 45.1 Å². The molecular formula is C33H56NO9P. The van der Waals surface area contributed by atoms with Crippen LogP contribution in [-0.2, 0) is 18.6 Å². The minimum absolute atomic E-state index is 0.0393. The van der Waals surface area contributed by atoms with Gasteiger partial charge in [-0.05, 0) is 63.6 Å². The van der Waals surface area contributed by atoms with Gasteiger partial charge in [0.05, 0.1) is 12.2 Å². The predicted octanol–water partition coefficient (Wildman–Crippen LogP) is 5.01. The monoisotopic (exact) mass is 641 g/mol. The molecule has 1 aliphatic heterocycles. The highest BCUT2D eigenvalue weighted by atomic mass is 31.2. The van der Waals surface area contributed by atoms with Crippen molar-refractivity contribution in [3.05, 3.63) is 48.6 Å². The lowest BCUT2D eigenvalue weighted by Crippen LogP contribution is -2.46. The topological polar surface area (TPSA) is 166 Å². The molecule has 1 aliphatic carbocycles. The lowest BCUT2D eigenvalue weighted by atomic mass is 9.86. The first-order valence-electron chi connectivity index (χ1n) is 16.4. The van der Waals surface area contributed by atoms with E-state index in [-0.39, 0.29) is 30.8 Å². The highest BCUT2D eigenvalue weighted by Gasteiger charge is 2.40. The van der Waals surface area contributed by atoms with E-state index in [9.17, 15) is 34.5 Å². The number of carbonyl (C=O) groups is 1. The van der Waals surface area contributed by atoms with Gasteiger partial charge in [-0.25, -0.2) is 9.36 Å². The third-order valence-corrected chi connectivity index (χ3v) is 8.93. The molecule has 2 aliphatic rings. The minimum atomic E-state index is -5.06. The minimum Gasteiger partial charge on any atom is -0.454 e. The Bertz CT molecular complexity index is 994. The highest BCUT2D eigenvalue weighted by Crippen LogP contribution is 2.42. The second kappa shape index (κ2) is 20.5. The average molecular weight is 642 g/mol. The summed E-state index contributed by atoms with van der Waals surface area (Å²) < 4.78 is 22.6. The first-order chi connectivity index (χ1) is 21.0. The van der Waals surface area contributed by atoms with Crippen LogP contribution in [0.5, 0.6) is 0 Å². The van der Waals surface area contributed by atoms with Crippen molar-refractivity contribution in [2.24, 2.45) is 11.8 Å². The number of carbonyl (C=O) groups excluding carboxylic acids is 1.